The predicted molar refractivity (Wildman–Crippen MR) is 72.5 cm³/mol. The van der Waals surface area contributed by atoms with Crippen LogP contribution in [0.15, 0.2) is 18.2 Å². The minimum absolute atomic E-state index is 0.885. The Bertz CT molecular complexity index is 485. The molecule has 17 heavy (non-hydrogen) atoms. The van der Waals surface area contributed by atoms with Gasteiger partial charge in [-0.2, -0.15) is 5.10 Å². The quantitative estimate of drug-likeness (QED) is 0.883. The summed E-state index contributed by atoms with van der Waals surface area (Å²) in [5, 5.41) is 7.83. The van der Waals surface area contributed by atoms with Crippen LogP contribution in [0.5, 0.6) is 0 Å². The monoisotopic (exact) mass is 249 g/mol. The minimum Gasteiger partial charge on any atom is -0.312 e. The Morgan fingerprint density at radius 3 is 2.71 bits per heavy atom. The van der Waals surface area contributed by atoms with E-state index in [9.17, 15) is 0 Å². The van der Waals surface area contributed by atoms with E-state index < -0.39 is 0 Å². The molecular formula is C13H19N3S. The SMILES string of the molecule is CCNCc1ccc(Cn2nc(C)cc2C)s1. The number of hydrogen-bond donors (Lipinski definition) is 1. The molecule has 2 rings (SSSR count). The molecule has 4 heteroatoms. The highest BCUT2D eigenvalue weighted by molar-refractivity contribution is 7.11. The fraction of sp³-hybridized carbons (Fsp3) is 0.462. The van der Waals surface area contributed by atoms with Crippen molar-refractivity contribution in [1.29, 1.82) is 0 Å². The Hall–Kier alpha value is -1.13. The summed E-state index contributed by atoms with van der Waals surface area (Å²) in [5.74, 6) is 0. The van der Waals surface area contributed by atoms with Crippen LogP contribution in [0.2, 0.25) is 0 Å². The van der Waals surface area contributed by atoms with Crippen molar-refractivity contribution in [3.63, 3.8) is 0 Å². The molecule has 0 radical (unpaired) electrons. The molecule has 0 saturated carbocycles. The average Bonchev–Trinajstić information content (AvgIpc) is 2.84. The number of aromatic nitrogens is 2. The fourth-order valence-electron chi connectivity index (χ4n) is 1.83. The molecule has 1 N–H and O–H groups in total. The second kappa shape index (κ2) is 5.47. The second-order valence-corrected chi connectivity index (χ2v) is 5.49. The summed E-state index contributed by atoms with van der Waals surface area (Å²) in [4.78, 5) is 2.76. The van der Waals surface area contributed by atoms with E-state index in [4.69, 9.17) is 0 Å². The second-order valence-electron chi connectivity index (χ2n) is 4.23. The number of nitrogens with zero attached hydrogens (tertiary/aromatic N) is 2. The van der Waals surface area contributed by atoms with Gasteiger partial charge >= 0.3 is 0 Å². The number of aryl methyl sites for hydroxylation is 2. The van der Waals surface area contributed by atoms with Gasteiger partial charge in [0, 0.05) is 22.0 Å². The smallest absolute Gasteiger partial charge is 0.0755 e. The van der Waals surface area contributed by atoms with Gasteiger partial charge in [0.05, 0.1) is 12.2 Å². The summed E-state index contributed by atoms with van der Waals surface area (Å²) in [6, 6.07) is 6.52. The van der Waals surface area contributed by atoms with Crippen molar-refractivity contribution in [2.24, 2.45) is 0 Å². The van der Waals surface area contributed by atoms with Crippen LogP contribution in [0.3, 0.4) is 0 Å². The largest absolute Gasteiger partial charge is 0.312 e. The van der Waals surface area contributed by atoms with Crippen LogP contribution in [0.25, 0.3) is 0 Å². The lowest BCUT2D eigenvalue weighted by Gasteiger charge is -2.01. The van der Waals surface area contributed by atoms with Gasteiger partial charge in [0.1, 0.15) is 0 Å². The predicted octanol–water partition coefficient (Wildman–Crippen LogP) is 2.72. The van der Waals surface area contributed by atoms with Gasteiger partial charge in [0.15, 0.2) is 0 Å². The van der Waals surface area contributed by atoms with Crippen LogP contribution >= 0.6 is 11.3 Å². The molecule has 0 amide bonds. The first-order chi connectivity index (χ1) is 8.19. The van der Waals surface area contributed by atoms with E-state index >= 15 is 0 Å². The van der Waals surface area contributed by atoms with Gasteiger partial charge in [-0.25, -0.2) is 0 Å². The molecular weight excluding hydrogens is 230 g/mol. The van der Waals surface area contributed by atoms with E-state index in [1.165, 1.54) is 15.4 Å². The van der Waals surface area contributed by atoms with Crippen LogP contribution in [0.4, 0.5) is 0 Å². The van der Waals surface area contributed by atoms with Crippen molar-refractivity contribution in [1.82, 2.24) is 15.1 Å². The molecule has 2 heterocycles. The first-order valence-electron chi connectivity index (χ1n) is 5.98. The molecule has 92 valence electrons. The molecule has 0 aliphatic carbocycles. The van der Waals surface area contributed by atoms with Gasteiger partial charge in [0.2, 0.25) is 0 Å². The van der Waals surface area contributed by atoms with Gasteiger partial charge < -0.3 is 5.32 Å². The zero-order valence-corrected chi connectivity index (χ0v) is 11.5. The van der Waals surface area contributed by atoms with Crippen molar-refractivity contribution >= 4 is 11.3 Å². The Labute approximate surface area is 106 Å². The summed E-state index contributed by atoms with van der Waals surface area (Å²) < 4.78 is 2.07. The van der Waals surface area contributed by atoms with Gasteiger partial charge in [-0.1, -0.05) is 6.92 Å². The summed E-state index contributed by atoms with van der Waals surface area (Å²) in [5.41, 5.74) is 2.32. The molecule has 0 unspecified atom stereocenters. The first-order valence-corrected chi connectivity index (χ1v) is 6.80. The van der Waals surface area contributed by atoms with E-state index in [0.717, 1.165) is 25.3 Å². The topological polar surface area (TPSA) is 29.9 Å². The molecule has 0 spiro atoms. The Morgan fingerprint density at radius 1 is 1.29 bits per heavy atom. The van der Waals surface area contributed by atoms with Crippen LogP contribution in [-0.2, 0) is 13.1 Å². The zero-order valence-electron chi connectivity index (χ0n) is 10.7. The highest BCUT2D eigenvalue weighted by atomic mass is 32.1. The van der Waals surface area contributed by atoms with E-state index in [1.807, 2.05) is 18.3 Å². The molecule has 0 bridgehead atoms. The van der Waals surface area contributed by atoms with Gasteiger partial charge in [-0.05, 0) is 38.6 Å². The number of hydrogen-bond acceptors (Lipinski definition) is 3. The average molecular weight is 249 g/mol. The lowest BCUT2D eigenvalue weighted by atomic mass is 10.4. The molecule has 2 aromatic rings. The van der Waals surface area contributed by atoms with Crippen LogP contribution in [0, 0.1) is 13.8 Å². The van der Waals surface area contributed by atoms with Gasteiger partial charge in [-0.15, -0.1) is 11.3 Å². The van der Waals surface area contributed by atoms with Crippen molar-refractivity contribution in [2.75, 3.05) is 6.54 Å². The van der Waals surface area contributed by atoms with E-state index in [1.54, 1.807) is 0 Å². The van der Waals surface area contributed by atoms with E-state index in [-0.39, 0.29) is 0 Å². The maximum absolute atomic E-state index is 4.48. The standard InChI is InChI=1S/C13H19N3S/c1-4-14-8-12-5-6-13(17-12)9-16-11(3)7-10(2)15-16/h5-7,14H,4,8-9H2,1-3H3. The summed E-state index contributed by atoms with van der Waals surface area (Å²) in [7, 11) is 0. The van der Waals surface area contributed by atoms with Crippen LogP contribution in [-0.4, -0.2) is 16.3 Å². The van der Waals surface area contributed by atoms with Crippen LogP contribution in [0.1, 0.15) is 28.1 Å². The Kier molecular flexibility index (Phi) is 3.97. The molecule has 0 aliphatic heterocycles. The molecule has 0 saturated heterocycles. The fourth-order valence-corrected chi connectivity index (χ4v) is 2.80. The van der Waals surface area contributed by atoms with Crippen molar-refractivity contribution in [3.8, 4) is 0 Å². The van der Waals surface area contributed by atoms with Crippen LogP contribution < -0.4 is 5.32 Å². The van der Waals surface area contributed by atoms with Gasteiger partial charge in [0.25, 0.3) is 0 Å². The third-order valence-corrected chi connectivity index (χ3v) is 3.75. The molecule has 0 fully saturated rings. The molecule has 2 aromatic heterocycles. The lowest BCUT2D eigenvalue weighted by Crippen LogP contribution is -2.10. The van der Waals surface area contributed by atoms with E-state index in [2.05, 4.69) is 47.1 Å². The minimum atomic E-state index is 0.885. The highest BCUT2D eigenvalue weighted by Gasteiger charge is 2.04. The summed E-state index contributed by atoms with van der Waals surface area (Å²) in [6.07, 6.45) is 0. The zero-order chi connectivity index (χ0) is 12.3. The van der Waals surface area contributed by atoms with Crippen molar-refractivity contribution in [2.45, 2.75) is 33.9 Å². The normalized spacial score (nSPS) is 11.0. The van der Waals surface area contributed by atoms with Crippen molar-refractivity contribution < 1.29 is 0 Å². The van der Waals surface area contributed by atoms with Crippen molar-refractivity contribution in [3.05, 3.63) is 39.3 Å². The first kappa shape index (κ1) is 12.3. The molecule has 3 nitrogen and oxygen atoms in total. The van der Waals surface area contributed by atoms with Gasteiger partial charge in [-0.3, -0.25) is 4.68 Å². The molecule has 0 atom stereocenters. The highest BCUT2D eigenvalue weighted by Crippen LogP contribution is 2.18. The maximum atomic E-state index is 4.48. The van der Waals surface area contributed by atoms with E-state index in [0.29, 0.717) is 0 Å². The summed E-state index contributed by atoms with van der Waals surface area (Å²) >= 11 is 1.86. The number of thiophene rings is 1. The third-order valence-electron chi connectivity index (χ3n) is 2.68. The third kappa shape index (κ3) is 3.17. The Balaban J connectivity index is 2.03. The Morgan fingerprint density at radius 2 is 2.06 bits per heavy atom. The molecule has 0 aromatic carbocycles. The number of rotatable bonds is 5. The summed E-state index contributed by atoms with van der Waals surface area (Å²) in [6.45, 7) is 9.14. The number of nitrogens with one attached hydrogen (secondary N) is 1. The lowest BCUT2D eigenvalue weighted by molar-refractivity contribution is 0.666. The maximum Gasteiger partial charge on any atom is 0.0755 e. The molecule has 0 aliphatic rings.